The molecule has 0 bridgehead atoms. The lowest BCUT2D eigenvalue weighted by molar-refractivity contribution is 0.507. The van der Waals surface area contributed by atoms with Crippen LogP contribution in [0.1, 0.15) is 5.56 Å². The van der Waals surface area contributed by atoms with Crippen LogP contribution in [0.25, 0.3) is 11.3 Å². The lowest BCUT2D eigenvalue weighted by Gasteiger charge is -2.10. The summed E-state index contributed by atoms with van der Waals surface area (Å²) >= 11 is 0. The second-order valence-electron chi connectivity index (χ2n) is 5.06. The molecular weight excluding hydrogens is 312 g/mol. The summed E-state index contributed by atoms with van der Waals surface area (Å²) in [6.07, 6.45) is 3.40. The molecule has 0 spiro atoms. The number of aromatic nitrogens is 3. The number of hydrogen-bond acceptors (Lipinski definition) is 5. The normalized spacial score (nSPS) is 10.5. The van der Waals surface area contributed by atoms with Crippen LogP contribution in [0, 0.1) is 11.6 Å². The second kappa shape index (κ2) is 6.99. The summed E-state index contributed by atoms with van der Waals surface area (Å²) in [5.41, 5.74) is 2.17. The predicted octanol–water partition coefficient (Wildman–Crippen LogP) is 3.47. The minimum atomic E-state index is -0.871. The highest BCUT2D eigenvalue weighted by atomic mass is 19.2. The van der Waals surface area contributed by atoms with E-state index in [1.54, 1.807) is 25.5 Å². The van der Waals surface area contributed by atoms with Gasteiger partial charge in [0.15, 0.2) is 11.6 Å². The van der Waals surface area contributed by atoms with E-state index in [-0.39, 0.29) is 0 Å². The van der Waals surface area contributed by atoms with Gasteiger partial charge in [-0.3, -0.25) is 4.98 Å². The van der Waals surface area contributed by atoms with Crippen molar-refractivity contribution < 1.29 is 8.78 Å². The number of rotatable bonds is 5. The minimum Gasteiger partial charge on any atom is -0.366 e. The van der Waals surface area contributed by atoms with Crippen LogP contribution in [-0.2, 0) is 6.54 Å². The van der Waals surface area contributed by atoms with Crippen LogP contribution < -0.4 is 10.6 Å². The fourth-order valence-electron chi connectivity index (χ4n) is 2.15. The molecule has 1 aromatic carbocycles. The van der Waals surface area contributed by atoms with E-state index in [2.05, 4.69) is 25.6 Å². The van der Waals surface area contributed by atoms with Gasteiger partial charge in [-0.15, -0.1) is 0 Å². The Hall–Kier alpha value is -3.09. The van der Waals surface area contributed by atoms with Crippen LogP contribution in [0.2, 0.25) is 0 Å². The monoisotopic (exact) mass is 327 g/mol. The maximum atomic E-state index is 13.3. The molecular formula is C17H15F2N5. The number of halogens is 2. The lowest BCUT2D eigenvalue weighted by atomic mass is 10.2. The van der Waals surface area contributed by atoms with E-state index < -0.39 is 11.6 Å². The third-order valence-electron chi connectivity index (χ3n) is 3.36. The summed E-state index contributed by atoms with van der Waals surface area (Å²) < 4.78 is 26.2. The standard InChI is InChI=1S/C17H15F2N5/c1-20-17-23-15(12-3-2-6-21-10-12)8-16(24-17)22-9-11-4-5-13(18)14(19)7-11/h2-8,10H,9H2,1H3,(H2,20,22,23,24). The first-order valence-electron chi connectivity index (χ1n) is 7.31. The third-order valence-corrected chi connectivity index (χ3v) is 3.36. The highest BCUT2D eigenvalue weighted by Crippen LogP contribution is 2.21. The summed E-state index contributed by atoms with van der Waals surface area (Å²) in [5.74, 6) is -0.719. The molecule has 0 amide bonds. The fraction of sp³-hybridized carbons (Fsp3) is 0.118. The van der Waals surface area contributed by atoms with Gasteiger partial charge in [-0.05, 0) is 29.8 Å². The van der Waals surface area contributed by atoms with E-state index in [1.807, 2.05) is 12.1 Å². The average molecular weight is 327 g/mol. The first kappa shape index (κ1) is 15.8. The Morgan fingerprint density at radius 3 is 2.62 bits per heavy atom. The predicted molar refractivity (Wildman–Crippen MR) is 88.5 cm³/mol. The Balaban J connectivity index is 1.83. The molecule has 0 saturated heterocycles. The van der Waals surface area contributed by atoms with E-state index in [9.17, 15) is 8.78 Å². The Morgan fingerprint density at radius 1 is 1.04 bits per heavy atom. The summed E-state index contributed by atoms with van der Waals surface area (Å²) in [5, 5.41) is 5.99. The highest BCUT2D eigenvalue weighted by molar-refractivity contribution is 5.63. The van der Waals surface area contributed by atoms with Crippen molar-refractivity contribution in [1.82, 2.24) is 15.0 Å². The molecule has 0 aliphatic carbocycles. The molecule has 2 N–H and O–H groups in total. The van der Waals surface area contributed by atoms with Crippen LogP contribution in [0.5, 0.6) is 0 Å². The zero-order valence-electron chi connectivity index (χ0n) is 12.9. The fourth-order valence-corrected chi connectivity index (χ4v) is 2.15. The van der Waals surface area contributed by atoms with Crippen LogP contribution in [0.15, 0.2) is 48.8 Å². The van der Waals surface area contributed by atoms with Crippen molar-refractivity contribution in [2.75, 3.05) is 17.7 Å². The van der Waals surface area contributed by atoms with Crippen molar-refractivity contribution in [3.63, 3.8) is 0 Å². The molecule has 3 rings (SSSR count). The van der Waals surface area contributed by atoms with Crippen molar-refractivity contribution in [3.8, 4) is 11.3 Å². The zero-order valence-corrected chi connectivity index (χ0v) is 12.9. The van der Waals surface area contributed by atoms with E-state index >= 15 is 0 Å². The molecule has 0 aliphatic rings. The van der Waals surface area contributed by atoms with Gasteiger partial charge in [0, 0.05) is 37.6 Å². The van der Waals surface area contributed by atoms with Crippen LogP contribution in [0.4, 0.5) is 20.5 Å². The molecule has 2 aromatic heterocycles. The molecule has 7 heteroatoms. The topological polar surface area (TPSA) is 62.7 Å². The summed E-state index contributed by atoms with van der Waals surface area (Å²) in [7, 11) is 1.72. The molecule has 0 radical (unpaired) electrons. The van der Waals surface area contributed by atoms with Gasteiger partial charge in [-0.1, -0.05) is 6.07 Å². The maximum absolute atomic E-state index is 13.3. The number of pyridine rings is 1. The van der Waals surface area contributed by atoms with E-state index in [0.29, 0.717) is 29.6 Å². The number of hydrogen-bond donors (Lipinski definition) is 2. The van der Waals surface area contributed by atoms with Crippen molar-refractivity contribution in [2.45, 2.75) is 6.54 Å². The van der Waals surface area contributed by atoms with Crippen LogP contribution in [0.3, 0.4) is 0 Å². The number of nitrogens with one attached hydrogen (secondary N) is 2. The minimum absolute atomic E-state index is 0.309. The quantitative estimate of drug-likeness (QED) is 0.751. The molecule has 3 aromatic rings. The molecule has 0 fully saturated rings. The van der Waals surface area contributed by atoms with Crippen molar-refractivity contribution in [3.05, 3.63) is 66.0 Å². The van der Waals surface area contributed by atoms with Gasteiger partial charge in [0.05, 0.1) is 5.69 Å². The summed E-state index contributed by atoms with van der Waals surface area (Å²) in [6.45, 7) is 0.309. The molecule has 5 nitrogen and oxygen atoms in total. The Bertz CT molecular complexity index is 840. The second-order valence-corrected chi connectivity index (χ2v) is 5.06. The number of benzene rings is 1. The van der Waals surface area contributed by atoms with Crippen LogP contribution in [-0.4, -0.2) is 22.0 Å². The summed E-state index contributed by atoms with van der Waals surface area (Å²) in [6, 6.07) is 9.28. The largest absolute Gasteiger partial charge is 0.366 e. The number of anilines is 2. The first-order valence-corrected chi connectivity index (χ1v) is 7.31. The molecule has 0 saturated carbocycles. The van der Waals surface area contributed by atoms with E-state index in [4.69, 9.17) is 0 Å². The Morgan fingerprint density at radius 2 is 1.92 bits per heavy atom. The third kappa shape index (κ3) is 3.62. The van der Waals surface area contributed by atoms with Gasteiger partial charge in [0.1, 0.15) is 5.82 Å². The number of nitrogens with zero attached hydrogens (tertiary/aromatic N) is 3. The van der Waals surface area contributed by atoms with Gasteiger partial charge in [0.2, 0.25) is 5.95 Å². The molecule has 0 unspecified atom stereocenters. The average Bonchev–Trinajstić information content (AvgIpc) is 2.63. The Kier molecular flexibility index (Phi) is 4.60. The Labute approximate surface area is 137 Å². The van der Waals surface area contributed by atoms with Gasteiger partial charge in [0.25, 0.3) is 0 Å². The van der Waals surface area contributed by atoms with Gasteiger partial charge < -0.3 is 10.6 Å². The van der Waals surface area contributed by atoms with Gasteiger partial charge in [-0.25, -0.2) is 13.8 Å². The van der Waals surface area contributed by atoms with Gasteiger partial charge in [-0.2, -0.15) is 4.98 Å². The first-order chi connectivity index (χ1) is 11.7. The lowest BCUT2D eigenvalue weighted by Crippen LogP contribution is -2.06. The highest BCUT2D eigenvalue weighted by Gasteiger charge is 2.07. The smallest absolute Gasteiger partial charge is 0.224 e. The van der Waals surface area contributed by atoms with Crippen molar-refractivity contribution in [2.24, 2.45) is 0 Å². The molecule has 2 heterocycles. The van der Waals surface area contributed by atoms with Crippen molar-refractivity contribution >= 4 is 11.8 Å². The molecule has 0 aliphatic heterocycles. The van der Waals surface area contributed by atoms with E-state index in [0.717, 1.165) is 17.7 Å². The summed E-state index contributed by atoms with van der Waals surface area (Å²) in [4.78, 5) is 12.8. The zero-order chi connectivity index (χ0) is 16.9. The SMILES string of the molecule is CNc1nc(NCc2ccc(F)c(F)c2)cc(-c2cccnc2)n1. The molecule has 24 heavy (non-hydrogen) atoms. The van der Waals surface area contributed by atoms with Crippen LogP contribution >= 0.6 is 0 Å². The van der Waals surface area contributed by atoms with E-state index in [1.165, 1.54) is 6.07 Å². The molecule has 0 atom stereocenters. The molecule has 122 valence electrons. The van der Waals surface area contributed by atoms with Crippen molar-refractivity contribution in [1.29, 1.82) is 0 Å². The van der Waals surface area contributed by atoms with Gasteiger partial charge >= 0.3 is 0 Å². The maximum Gasteiger partial charge on any atom is 0.224 e.